The topological polar surface area (TPSA) is 121 Å². The quantitative estimate of drug-likeness (QED) is 0.237. The van der Waals surface area contributed by atoms with Gasteiger partial charge in [-0.2, -0.15) is 8.42 Å². The molecule has 11 heavy (non-hydrogen) atoms. The van der Waals surface area contributed by atoms with Crippen LogP contribution in [-0.2, 0) is 18.9 Å². The summed E-state index contributed by atoms with van der Waals surface area (Å²) >= 11 is 0. The summed E-state index contributed by atoms with van der Waals surface area (Å²) < 4.78 is 39.0. The van der Waals surface area contributed by atoms with Crippen molar-refractivity contribution in [1.29, 1.82) is 0 Å². The van der Waals surface area contributed by atoms with Crippen LogP contribution in [0.2, 0.25) is 0 Å². The molecule has 0 saturated heterocycles. The SMILES string of the molecule is O=P(O)(O)OS(=O)(=O)O.[H-].[Na+].[PbH2]. The van der Waals surface area contributed by atoms with E-state index in [2.05, 4.69) is 3.97 Å². The standard InChI is InChI=1S/Na.H3O7PS.Pb.3H/c;1-8(2,3)7-9(4,5)6;;;;/h;(H2,1,2,3)(H,4,5,6);;;;/q+1;;;;;-1. The van der Waals surface area contributed by atoms with Crippen molar-refractivity contribution in [1.82, 2.24) is 0 Å². The second kappa shape index (κ2) is 6.40. The van der Waals surface area contributed by atoms with Gasteiger partial charge >= 0.3 is 75.1 Å². The minimum atomic E-state index is -5.13. The molecule has 0 atom stereocenters. The zero-order valence-electron chi connectivity index (χ0n) is 6.54. The molecule has 64 valence electrons. The molecule has 0 saturated carbocycles. The molecule has 7 nitrogen and oxygen atoms in total. The van der Waals surface area contributed by atoms with Crippen LogP contribution in [-0.4, -0.2) is 50.1 Å². The summed E-state index contributed by atoms with van der Waals surface area (Å²) in [4.78, 5) is 15.4. The van der Waals surface area contributed by atoms with Gasteiger partial charge in [-0.25, -0.2) is 4.57 Å². The van der Waals surface area contributed by atoms with Gasteiger partial charge < -0.3 is 11.2 Å². The monoisotopic (exact) mass is 412 g/mol. The Bertz CT molecular complexity index is 230. The van der Waals surface area contributed by atoms with Crippen LogP contribution in [0, 0.1) is 0 Å². The molecule has 0 amide bonds. The van der Waals surface area contributed by atoms with Crippen molar-refractivity contribution < 1.29 is 62.3 Å². The maximum atomic E-state index is 9.58. The van der Waals surface area contributed by atoms with E-state index in [0.717, 1.165) is 0 Å². The Morgan fingerprint density at radius 3 is 1.64 bits per heavy atom. The average Bonchev–Trinajstić information content (AvgIpc) is 1.14. The first-order valence-corrected chi connectivity index (χ1v) is 4.34. The van der Waals surface area contributed by atoms with E-state index in [-0.39, 0.29) is 58.3 Å². The molecule has 0 aromatic heterocycles. The molecule has 0 aliphatic heterocycles. The molecule has 0 aliphatic rings. The second-order valence-electron chi connectivity index (χ2n) is 0.993. The summed E-state index contributed by atoms with van der Waals surface area (Å²) in [5.41, 5.74) is 0. The molecular weight excluding hydrogens is 405 g/mol. The number of rotatable bonds is 2. The Kier molecular flexibility index (Phi) is 10.9. The van der Waals surface area contributed by atoms with Gasteiger partial charge in [0.05, 0.1) is 0 Å². The van der Waals surface area contributed by atoms with E-state index in [1.54, 1.807) is 0 Å². The van der Waals surface area contributed by atoms with Crippen LogP contribution < -0.4 is 29.6 Å². The summed E-state index contributed by atoms with van der Waals surface area (Å²) in [6, 6.07) is 0. The molecule has 0 rings (SSSR count). The summed E-state index contributed by atoms with van der Waals surface area (Å²) in [6.07, 6.45) is 0. The van der Waals surface area contributed by atoms with E-state index < -0.39 is 18.2 Å². The fourth-order valence-electron chi connectivity index (χ4n) is 0.123. The van der Waals surface area contributed by atoms with Crippen molar-refractivity contribution in [3.8, 4) is 0 Å². The number of hydrogen-bond donors (Lipinski definition) is 3. The third-order valence-corrected chi connectivity index (χ3v) is 1.72. The van der Waals surface area contributed by atoms with E-state index in [1.165, 1.54) is 0 Å². The van der Waals surface area contributed by atoms with Gasteiger partial charge in [-0.15, -0.1) is 3.97 Å². The summed E-state index contributed by atoms with van der Waals surface area (Å²) in [7, 11) is -10.2. The predicted octanol–water partition coefficient (Wildman–Crippen LogP) is -4.90. The molecular formula is H6NaO7PPbS. The van der Waals surface area contributed by atoms with E-state index in [1.807, 2.05) is 0 Å². The molecule has 11 heteroatoms. The normalized spacial score (nSPS) is 11.2. The Hall–Kier alpha value is 1.94. The first-order chi connectivity index (χ1) is 3.71. The van der Waals surface area contributed by atoms with Gasteiger partial charge in [0.2, 0.25) is 0 Å². The number of hydrogen-bond acceptors (Lipinski definition) is 4. The van der Waals surface area contributed by atoms with Crippen molar-refractivity contribution in [2.75, 3.05) is 0 Å². The van der Waals surface area contributed by atoms with Crippen molar-refractivity contribution in [2.24, 2.45) is 0 Å². The fraction of sp³-hybridized carbons (Fsp3) is 0. The van der Waals surface area contributed by atoms with Crippen LogP contribution in [0.5, 0.6) is 0 Å². The first-order valence-electron chi connectivity index (χ1n) is 1.45. The van der Waals surface area contributed by atoms with Gasteiger partial charge in [-0.05, 0) is 0 Å². The molecule has 0 spiro atoms. The molecule has 0 aliphatic carbocycles. The zero-order valence-corrected chi connectivity index (χ0v) is 14.7. The molecule has 0 heterocycles. The van der Waals surface area contributed by atoms with Crippen LogP contribution >= 0.6 is 7.82 Å². The van der Waals surface area contributed by atoms with Crippen molar-refractivity contribution >= 4 is 45.5 Å². The summed E-state index contributed by atoms with van der Waals surface area (Å²) in [5, 5.41) is 0. The summed E-state index contributed by atoms with van der Waals surface area (Å²) in [6.45, 7) is 0. The Morgan fingerprint density at radius 2 is 1.64 bits per heavy atom. The third-order valence-electron chi connectivity index (χ3n) is 0.191. The van der Waals surface area contributed by atoms with Crippen molar-refractivity contribution in [2.45, 2.75) is 0 Å². The van der Waals surface area contributed by atoms with Gasteiger partial charge in [0, 0.05) is 0 Å². The van der Waals surface area contributed by atoms with Gasteiger partial charge in [0.25, 0.3) is 0 Å². The molecule has 0 aromatic rings. The summed E-state index contributed by atoms with van der Waals surface area (Å²) in [5.74, 6) is 0. The third kappa shape index (κ3) is 18.7. The fourth-order valence-corrected chi connectivity index (χ4v) is 1.10. The second-order valence-corrected chi connectivity index (χ2v) is 3.43. The van der Waals surface area contributed by atoms with Gasteiger partial charge in [0.1, 0.15) is 0 Å². The van der Waals surface area contributed by atoms with Crippen LogP contribution in [0.1, 0.15) is 1.43 Å². The van der Waals surface area contributed by atoms with Crippen LogP contribution in [0.25, 0.3) is 0 Å². The van der Waals surface area contributed by atoms with E-state index >= 15 is 0 Å². The van der Waals surface area contributed by atoms with Crippen molar-refractivity contribution in [3.05, 3.63) is 0 Å². The zero-order chi connectivity index (χ0) is 7.71. The van der Waals surface area contributed by atoms with Gasteiger partial charge in [0.15, 0.2) is 0 Å². The molecule has 0 unspecified atom stereocenters. The molecule has 0 bridgehead atoms. The first kappa shape index (κ1) is 18.7. The molecule has 0 aromatic carbocycles. The molecule has 0 fully saturated rings. The number of phosphoric acid groups is 1. The Balaban J connectivity index is -0.000000107. The molecule has 2 radical (unpaired) electrons. The Labute approximate surface area is 107 Å². The van der Waals surface area contributed by atoms with E-state index in [4.69, 9.17) is 14.3 Å². The van der Waals surface area contributed by atoms with Crippen LogP contribution in [0.15, 0.2) is 0 Å². The van der Waals surface area contributed by atoms with E-state index in [9.17, 15) is 13.0 Å². The minimum absolute atomic E-state index is 0. The Morgan fingerprint density at radius 1 is 1.36 bits per heavy atom. The predicted molar refractivity (Wildman–Crippen MR) is 34.3 cm³/mol. The average molecular weight is 411 g/mol. The van der Waals surface area contributed by atoms with E-state index in [0.29, 0.717) is 0 Å². The van der Waals surface area contributed by atoms with Crippen LogP contribution in [0.3, 0.4) is 0 Å². The maximum absolute atomic E-state index is 9.58. The van der Waals surface area contributed by atoms with Gasteiger partial charge in [-0.3, -0.25) is 4.55 Å². The van der Waals surface area contributed by atoms with Crippen molar-refractivity contribution in [3.63, 3.8) is 0 Å². The van der Waals surface area contributed by atoms with Crippen LogP contribution in [0.4, 0.5) is 0 Å². The molecule has 3 N–H and O–H groups in total. The van der Waals surface area contributed by atoms with Gasteiger partial charge in [-0.1, -0.05) is 0 Å².